The molecule has 2 aromatic rings. The molecule has 96 valence electrons. The van der Waals surface area contributed by atoms with E-state index in [-0.39, 0.29) is 6.10 Å². The highest BCUT2D eigenvalue weighted by molar-refractivity contribution is 5.89. The lowest BCUT2D eigenvalue weighted by molar-refractivity contribution is 0.0678. The van der Waals surface area contributed by atoms with E-state index in [0.717, 1.165) is 42.8 Å². The first-order chi connectivity index (χ1) is 8.90. The average Bonchev–Trinajstić information content (AvgIpc) is 2.66. The fourth-order valence-corrected chi connectivity index (χ4v) is 2.52. The zero-order valence-corrected chi connectivity index (χ0v) is 10.5. The molecule has 1 aromatic carbocycles. The number of benzene rings is 1. The first-order valence-corrected chi connectivity index (χ1v) is 6.36. The lowest BCUT2D eigenvalue weighted by atomic mass is 10.1. The van der Waals surface area contributed by atoms with Crippen molar-refractivity contribution in [2.45, 2.75) is 12.5 Å². The third-order valence-corrected chi connectivity index (χ3v) is 3.41. The van der Waals surface area contributed by atoms with Crippen LogP contribution in [0.4, 0.5) is 0 Å². The molecule has 2 heterocycles. The number of hydrogen-bond acceptors (Lipinski definition) is 3. The molecule has 0 radical (unpaired) electrons. The number of hydrogen-bond donors (Lipinski definition) is 2. The van der Waals surface area contributed by atoms with Gasteiger partial charge in [-0.1, -0.05) is 6.07 Å². The standard InChI is InChI=1S/C14H18N2O2/c1-17-12-5-2-4-11-14(12)10(8-16-11)13-9-15-6-3-7-18-13/h2,4-5,8,13,15-16H,3,6-7,9H2,1H3. The molecule has 3 rings (SSSR count). The van der Waals surface area contributed by atoms with Crippen LogP contribution < -0.4 is 10.1 Å². The fraction of sp³-hybridized carbons (Fsp3) is 0.429. The normalized spacial score (nSPS) is 20.8. The molecule has 0 spiro atoms. The number of nitrogens with one attached hydrogen (secondary N) is 2. The second kappa shape index (κ2) is 5.00. The molecule has 4 heteroatoms. The Labute approximate surface area is 106 Å². The molecule has 0 bridgehead atoms. The van der Waals surface area contributed by atoms with Gasteiger partial charge in [0, 0.05) is 35.8 Å². The van der Waals surface area contributed by atoms with Crippen LogP contribution in [0.25, 0.3) is 10.9 Å². The zero-order chi connectivity index (χ0) is 12.4. The molecule has 1 aliphatic rings. The zero-order valence-electron chi connectivity index (χ0n) is 10.5. The van der Waals surface area contributed by atoms with Crippen molar-refractivity contribution in [2.24, 2.45) is 0 Å². The number of H-pyrrole nitrogens is 1. The molecule has 1 atom stereocenters. The van der Waals surface area contributed by atoms with Crippen LogP contribution in [0.5, 0.6) is 5.75 Å². The summed E-state index contributed by atoms with van der Waals surface area (Å²) in [6.07, 6.45) is 3.19. The number of ether oxygens (including phenoxy) is 2. The van der Waals surface area contributed by atoms with E-state index < -0.39 is 0 Å². The molecule has 0 amide bonds. The van der Waals surface area contributed by atoms with Gasteiger partial charge in [-0.3, -0.25) is 0 Å². The van der Waals surface area contributed by atoms with Crippen LogP contribution in [0, 0.1) is 0 Å². The van der Waals surface area contributed by atoms with Crippen molar-refractivity contribution in [3.63, 3.8) is 0 Å². The quantitative estimate of drug-likeness (QED) is 0.854. The number of rotatable bonds is 2. The predicted molar refractivity (Wildman–Crippen MR) is 71.0 cm³/mol. The maximum Gasteiger partial charge on any atom is 0.128 e. The van der Waals surface area contributed by atoms with Gasteiger partial charge in [-0.05, 0) is 25.1 Å². The largest absolute Gasteiger partial charge is 0.496 e. The van der Waals surface area contributed by atoms with E-state index in [1.165, 1.54) is 5.56 Å². The maximum atomic E-state index is 5.92. The lowest BCUT2D eigenvalue weighted by Crippen LogP contribution is -2.19. The molecule has 1 unspecified atom stereocenters. The Morgan fingerprint density at radius 3 is 3.22 bits per heavy atom. The van der Waals surface area contributed by atoms with Gasteiger partial charge in [0.2, 0.25) is 0 Å². The Balaban J connectivity index is 2.05. The topological polar surface area (TPSA) is 46.3 Å². The highest BCUT2D eigenvalue weighted by atomic mass is 16.5. The van der Waals surface area contributed by atoms with Crippen molar-refractivity contribution in [2.75, 3.05) is 26.8 Å². The first kappa shape index (κ1) is 11.6. The second-order valence-electron chi connectivity index (χ2n) is 4.54. The van der Waals surface area contributed by atoms with Gasteiger partial charge in [-0.25, -0.2) is 0 Å². The van der Waals surface area contributed by atoms with E-state index in [1.807, 2.05) is 18.3 Å². The highest BCUT2D eigenvalue weighted by Crippen LogP contribution is 2.33. The summed E-state index contributed by atoms with van der Waals surface area (Å²) < 4.78 is 11.4. The summed E-state index contributed by atoms with van der Waals surface area (Å²) in [7, 11) is 1.71. The third kappa shape index (κ3) is 1.98. The molecule has 1 fully saturated rings. The maximum absolute atomic E-state index is 5.92. The smallest absolute Gasteiger partial charge is 0.128 e. The summed E-state index contributed by atoms with van der Waals surface area (Å²) in [4.78, 5) is 3.29. The van der Waals surface area contributed by atoms with E-state index >= 15 is 0 Å². The van der Waals surface area contributed by atoms with Crippen LogP contribution in [-0.4, -0.2) is 31.8 Å². The van der Waals surface area contributed by atoms with Crippen molar-refractivity contribution in [3.05, 3.63) is 30.0 Å². The summed E-state index contributed by atoms with van der Waals surface area (Å²) >= 11 is 0. The number of aromatic nitrogens is 1. The van der Waals surface area contributed by atoms with E-state index in [0.29, 0.717) is 0 Å². The number of fused-ring (bicyclic) bond motifs is 1. The predicted octanol–water partition coefficient (Wildman–Crippen LogP) is 2.23. The van der Waals surface area contributed by atoms with E-state index in [9.17, 15) is 0 Å². The number of aromatic amines is 1. The van der Waals surface area contributed by atoms with Gasteiger partial charge in [-0.2, -0.15) is 0 Å². The van der Waals surface area contributed by atoms with Gasteiger partial charge in [0.05, 0.1) is 13.2 Å². The van der Waals surface area contributed by atoms with Crippen LogP contribution in [0.15, 0.2) is 24.4 Å². The van der Waals surface area contributed by atoms with Gasteiger partial charge < -0.3 is 19.8 Å². The third-order valence-electron chi connectivity index (χ3n) is 3.41. The monoisotopic (exact) mass is 246 g/mol. The molecule has 1 aromatic heterocycles. The molecule has 1 aliphatic heterocycles. The van der Waals surface area contributed by atoms with Crippen molar-refractivity contribution in [1.29, 1.82) is 0 Å². The van der Waals surface area contributed by atoms with Crippen LogP contribution in [0.3, 0.4) is 0 Å². The Morgan fingerprint density at radius 2 is 2.33 bits per heavy atom. The van der Waals surface area contributed by atoms with E-state index in [1.54, 1.807) is 7.11 Å². The minimum absolute atomic E-state index is 0.0950. The molecule has 0 aliphatic carbocycles. The lowest BCUT2D eigenvalue weighted by Gasteiger charge is -2.15. The molecule has 4 nitrogen and oxygen atoms in total. The van der Waals surface area contributed by atoms with E-state index in [2.05, 4.69) is 16.4 Å². The Kier molecular flexibility index (Phi) is 3.21. The first-order valence-electron chi connectivity index (χ1n) is 6.36. The number of methoxy groups -OCH3 is 1. The summed E-state index contributed by atoms with van der Waals surface area (Å²) in [6.45, 7) is 2.68. The summed E-state index contributed by atoms with van der Waals surface area (Å²) in [5.41, 5.74) is 2.27. The van der Waals surface area contributed by atoms with Crippen LogP contribution in [-0.2, 0) is 4.74 Å². The van der Waals surface area contributed by atoms with E-state index in [4.69, 9.17) is 9.47 Å². The molecular weight excluding hydrogens is 228 g/mol. The Morgan fingerprint density at radius 1 is 1.39 bits per heavy atom. The van der Waals surface area contributed by atoms with Gasteiger partial charge in [0.1, 0.15) is 5.75 Å². The highest BCUT2D eigenvalue weighted by Gasteiger charge is 2.20. The summed E-state index contributed by atoms with van der Waals surface area (Å²) in [5.74, 6) is 0.900. The SMILES string of the molecule is COc1cccc2[nH]cc(C3CNCCCO3)c12. The molecule has 1 saturated heterocycles. The average molecular weight is 246 g/mol. The van der Waals surface area contributed by atoms with Gasteiger partial charge in [-0.15, -0.1) is 0 Å². The minimum atomic E-state index is 0.0950. The van der Waals surface area contributed by atoms with Crippen molar-refractivity contribution in [1.82, 2.24) is 10.3 Å². The fourth-order valence-electron chi connectivity index (χ4n) is 2.52. The van der Waals surface area contributed by atoms with Crippen LogP contribution in [0.2, 0.25) is 0 Å². The van der Waals surface area contributed by atoms with Crippen LogP contribution >= 0.6 is 0 Å². The van der Waals surface area contributed by atoms with Crippen molar-refractivity contribution in [3.8, 4) is 5.75 Å². The molecule has 0 saturated carbocycles. The minimum Gasteiger partial charge on any atom is -0.496 e. The molecular formula is C14H18N2O2. The summed E-state index contributed by atoms with van der Waals surface area (Å²) in [6, 6.07) is 6.04. The second-order valence-corrected chi connectivity index (χ2v) is 4.54. The Hall–Kier alpha value is -1.52. The molecule has 2 N–H and O–H groups in total. The van der Waals surface area contributed by atoms with Crippen molar-refractivity contribution < 1.29 is 9.47 Å². The van der Waals surface area contributed by atoms with Crippen molar-refractivity contribution >= 4 is 10.9 Å². The Bertz CT molecular complexity index is 528. The summed E-state index contributed by atoms with van der Waals surface area (Å²) in [5, 5.41) is 4.54. The molecule has 18 heavy (non-hydrogen) atoms. The van der Waals surface area contributed by atoms with Gasteiger partial charge in [0.25, 0.3) is 0 Å². The van der Waals surface area contributed by atoms with Crippen LogP contribution in [0.1, 0.15) is 18.1 Å². The van der Waals surface area contributed by atoms with Gasteiger partial charge >= 0.3 is 0 Å². The van der Waals surface area contributed by atoms with Gasteiger partial charge in [0.15, 0.2) is 0 Å².